The lowest BCUT2D eigenvalue weighted by molar-refractivity contribution is 0.157. The molecule has 3 nitrogen and oxygen atoms in total. The Bertz CT molecular complexity index is 128. The van der Waals surface area contributed by atoms with Crippen LogP contribution in [0.2, 0.25) is 0 Å². The summed E-state index contributed by atoms with van der Waals surface area (Å²) >= 11 is 0. The molecule has 14 heavy (non-hydrogen) atoms. The zero-order valence-electron chi connectivity index (χ0n) is 9.87. The average molecular weight is 202 g/mol. The topological polar surface area (TPSA) is 49.5 Å². The maximum atomic E-state index is 8.87. The number of aliphatic hydroxyl groups excluding tert-OH is 1. The fraction of sp³-hybridized carbons (Fsp3) is 1.00. The largest absolute Gasteiger partial charge is 0.395 e. The number of hydrogen-bond acceptors (Lipinski definition) is 3. The number of nitrogens with zero attached hydrogens (tertiary/aromatic N) is 1. The maximum Gasteiger partial charge on any atom is 0.0558 e. The molecule has 86 valence electrons. The molecule has 0 saturated carbocycles. The minimum Gasteiger partial charge on any atom is -0.395 e. The van der Waals surface area contributed by atoms with Gasteiger partial charge in [0.05, 0.1) is 6.61 Å². The van der Waals surface area contributed by atoms with Crippen LogP contribution in [-0.2, 0) is 0 Å². The Labute approximate surface area is 88.3 Å². The molecule has 0 aromatic heterocycles. The highest BCUT2D eigenvalue weighted by Crippen LogP contribution is 2.08. The number of likely N-dealkylation sites (N-methyl/N-ethyl adjacent to an activating group) is 1. The van der Waals surface area contributed by atoms with E-state index in [9.17, 15) is 0 Å². The molecule has 2 atom stereocenters. The first-order valence-corrected chi connectivity index (χ1v) is 5.72. The molecule has 0 saturated heterocycles. The van der Waals surface area contributed by atoms with Crippen LogP contribution < -0.4 is 5.73 Å². The van der Waals surface area contributed by atoms with Gasteiger partial charge >= 0.3 is 0 Å². The van der Waals surface area contributed by atoms with E-state index >= 15 is 0 Å². The highest BCUT2D eigenvalue weighted by atomic mass is 16.3. The molecule has 0 fully saturated rings. The molecular formula is C11H26N2O. The monoisotopic (exact) mass is 202 g/mol. The van der Waals surface area contributed by atoms with E-state index in [-0.39, 0.29) is 6.61 Å². The second kappa shape index (κ2) is 8.21. The average Bonchev–Trinajstić information content (AvgIpc) is 2.13. The Kier molecular flexibility index (Phi) is 8.14. The highest BCUT2D eigenvalue weighted by molar-refractivity contribution is 4.66. The van der Waals surface area contributed by atoms with Crippen molar-refractivity contribution in [2.45, 2.75) is 52.1 Å². The minimum atomic E-state index is 0.255. The van der Waals surface area contributed by atoms with Crippen molar-refractivity contribution >= 4 is 0 Å². The molecule has 0 aliphatic heterocycles. The third-order valence-corrected chi connectivity index (χ3v) is 2.70. The molecule has 0 heterocycles. The molecule has 2 unspecified atom stereocenters. The van der Waals surface area contributed by atoms with Crippen molar-refractivity contribution < 1.29 is 5.11 Å². The summed E-state index contributed by atoms with van der Waals surface area (Å²) in [5.41, 5.74) is 5.69. The maximum absolute atomic E-state index is 8.87. The van der Waals surface area contributed by atoms with Gasteiger partial charge in [0.25, 0.3) is 0 Å². The predicted octanol–water partition coefficient (Wildman–Crippen LogP) is 1.21. The summed E-state index contributed by atoms with van der Waals surface area (Å²) < 4.78 is 0. The molecule has 3 heteroatoms. The first-order chi connectivity index (χ1) is 6.61. The normalized spacial score (nSPS) is 15.9. The Morgan fingerprint density at radius 1 is 1.29 bits per heavy atom. The van der Waals surface area contributed by atoms with Crippen LogP contribution in [0.3, 0.4) is 0 Å². The molecule has 0 aliphatic carbocycles. The molecule has 0 bridgehead atoms. The Morgan fingerprint density at radius 3 is 2.36 bits per heavy atom. The van der Waals surface area contributed by atoms with E-state index in [0.29, 0.717) is 12.1 Å². The fourth-order valence-electron chi connectivity index (χ4n) is 1.74. The van der Waals surface area contributed by atoms with E-state index in [2.05, 4.69) is 25.7 Å². The summed E-state index contributed by atoms with van der Waals surface area (Å²) in [7, 11) is 0. The Balaban J connectivity index is 3.63. The number of nitrogens with two attached hydrogens (primary N) is 1. The Hall–Kier alpha value is -0.120. The predicted molar refractivity (Wildman–Crippen MR) is 61.3 cm³/mol. The van der Waals surface area contributed by atoms with Gasteiger partial charge in [-0.3, -0.25) is 4.90 Å². The molecular weight excluding hydrogens is 176 g/mol. The third-order valence-electron chi connectivity index (χ3n) is 2.70. The third kappa shape index (κ3) is 6.35. The van der Waals surface area contributed by atoms with Gasteiger partial charge in [-0.15, -0.1) is 0 Å². The number of rotatable bonds is 8. The van der Waals surface area contributed by atoms with Gasteiger partial charge in [-0.2, -0.15) is 0 Å². The van der Waals surface area contributed by atoms with E-state index in [4.69, 9.17) is 10.8 Å². The SMILES string of the molecule is CCN(CCO)C(C)CCCC(C)N. The number of aliphatic hydroxyl groups is 1. The van der Waals surface area contributed by atoms with Crippen molar-refractivity contribution in [3.05, 3.63) is 0 Å². The van der Waals surface area contributed by atoms with Crippen LogP contribution in [0.25, 0.3) is 0 Å². The van der Waals surface area contributed by atoms with Crippen LogP contribution in [0.15, 0.2) is 0 Å². The quantitative estimate of drug-likeness (QED) is 0.622. The van der Waals surface area contributed by atoms with Gasteiger partial charge in [0.15, 0.2) is 0 Å². The van der Waals surface area contributed by atoms with Crippen LogP contribution in [0, 0.1) is 0 Å². The summed E-state index contributed by atoms with van der Waals surface area (Å²) in [5, 5.41) is 8.87. The molecule has 0 spiro atoms. The molecule has 0 aliphatic rings. The first-order valence-electron chi connectivity index (χ1n) is 5.72. The van der Waals surface area contributed by atoms with E-state index in [0.717, 1.165) is 19.5 Å². The summed E-state index contributed by atoms with van der Waals surface area (Å²) in [6.07, 6.45) is 3.46. The van der Waals surface area contributed by atoms with Crippen LogP contribution >= 0.6 is 0 Å². The second-order valence-electron chi connectivity index (χ2n) is 4.11. The van der Waals surface area contributed by atoms with Gasteiger partial charge in [0.2, 0.25) is 0 Å². The number of hydrogen-bond donors (Lipinski definition) is 2. The lowest BCUT2D eigenvalue weighted by Gasteiger charge is -2.27. The standard InChI is InChI=1S/C11H26N2O/c1-4-13(8-9-14)11(3)7-5-6-10(2)12/h10-11,14H,4-9,12H2,1-3H3. The summed E-state index contributed by atoms with van der Waals surface area (Å²) in [6.45, 7) is 8.47. The zero-order chi connectivity index (χ0) is 11.0. The van der Waals surface area contributed by atoms with Gasteiger partial charge < -0.3 is 10.8 Å². The van der Waals surface area contributed by atoms with Crippen LogP contribution in [0.4, 0.5) is 0 Å². The molecule has 0 rings (SSSR count). The first kappa shape index (κ1) is 13.9. The van der Waals surface area contributed by atoms with Crippen molar-refractivity contribution in [2.75, 3.05) is 19.7 Å². The summed E-state index contributed by atoms with van der Waals surface area (Å²) in [4.78, 5) is 2.31. The minimum absolute atomic E-state index is 0.255. The molecule has 0 radical (unpaired) electrons. The Morgan fingerprint density at radius 2 is 1.93 bits per heavy atom. The van der Waals surface area contributed by atoms with Crippen LogP contribution in [0.5, 0.6) is 0 Å². The van der Waals surface area contributed by atoms with Gasteiger partial charge in [-0.05, 0) is 33.2 Å². The molecule has 3 N–H and O–H groups in total. The van der Waals surface area contributed by atoms with E-state index in [1.165, 1.54) is 12.8 Å². The molecule has 0 aromatic carbocycles. The van der Waals surface area contributed by atoms with E-state index < -0.39 is 0 Å². The van der Waals surface area contributed by atoms with Crippen molar-refractivity contribution in [1.82, 2.24) is 4.90 Å². The van der Waals surface area contributed by atoms with E-state index in [1.54, 1.807) is 0 Å². The van der Waals surface area contributed by atoms with Crippen molar-refractivity contribution in [2.24, 2.45) is 5.73 Å². The van der Waals surface area contributed by atoms with Gasteiger partial charge in [0, 0.05) is 18.6 Å². The molecule has 0 aromatic rings. The lowest BCUT2D eigenvalue weighted by atomic mass is 10.1. The van der Waals surface area contributed by atoms with Crippen molar-refractivity contribution in [1.29, 1.82) is 0 Å². The zero-order valence-corrected chi connectivity index (χ0v) is 9.87. The summed E-state index contributed by atoms with van der Waals surface area (Å²) in [5.74, 6) is 0. The highest BCUT2D eigenvalue weighted by Gasteiger charge is 2.10. The van der Waals surface area contributed by atoms with Crippen molar-refractivity contribution in [3.63, 3.8) is 0 Å². The van der Waals surface area contributed by atoms with Gasteiger partial charge in [0.1, 0.15) is 0 Å². The van der Waals surface area contributed by atoms with Gasteiger partial charge in [-0.25, -0.2) is 0 Å². The van der Waals surface area contributed by atoms with Crippen LogP contribution in [0.1, 0.15) is 40.0 Å². The summed E-state index contributed by atoms with van der Waals surface area (Å²) in [6, 6.07) is 0.876. The smallest absolute Gasteiger partial charge is 0.0558 e. The second-order valence-corrected chi connectivity index (χ2v) is 4.11. The lowest BCUT2D eigenvalue weighted by Crippen LogP contribution is -2.35. The van der Waals surface area contributed by atoms with Gasteiger partial charge in [-0.1, -0.05) is 13.3 Å². The van der Waals surface area contributed by atoms with Crippen molar-refractivity contribution in [3.8, 4) is 0 Å². The van der Waals surface area contributed by atoms with Crippen LogP contribution in [-0.4, -0.2) is 41.8 Å². The fourth-order valence-corrected chi connectivity index (χ4v) is 1.74. The van der Waals surface area contributed by atoms with E-state index in [1.807, 2.05) is 0 Å². The molecule has 0 amide bonds.